The lowest BCUT2D eigenvalue weighted by Gasteiger charge is -2.34. The smallest absolute Gasteiger partial charge is 0.226 e. The number of carbonyl (C=O) groups is 1. The molecule has 3 rings (SSSR count). The average molecular weight is 368 g/mol. The zero-order valence-corrected chi connectivity index (χ0v) is 16.1. The van der Waals surface area contributed by atoms with E-state index in [0.29, 0.717) is 12.3 Å². The van der Waals surface area contributed by atoms with Crippen LogP contribution in [0.15, 0.2) is 54.6 Å². The third-order valence-corrected chi connectivity index (χ3v) is 5.52. The molecule has 1 aliphatic rings. The van der Waals surface area contributed by atoms with Crippen molar-refractivity contribution in [2.75, 3.05) is 33.2 Å². The number of benzene rings is 2. The molecule has 0 saturated carbocycles. The summed E-state index contributed by atoms with van der Waals surface area (Å²) in [5.41, 5.74) is 1.86. The molecular formula is C23H29FN2O. The maximum absolute atomic E-state index is 13.7. The first-order valence-corrected chi connectivity index (χ1v) is 9.85. The van der Waals surface area contributed by atoms with Crippen LogP contribution in [0, 0.1) is 11.7 Å². The molecule has 0 atom stereocenters. The number of piperidine rings is 1. The Morgan fingerprint density at radius 2 is 1.74 bits per heavy atom. The third kappa shape index (κ3) is 5.90. The Labute approximate surface area is 161 Å². The van der Waals surface area contributed by atoms with Crippen LogP contribution in [-0.2, 0) is 17.6 Å². The van der Waals surface area contributed by atoms with Crippen molar-refractivity contribution in [3.05, 3.63) is 71.5 Å². The van der Waals surface area contributed by atoms with Crippen LogP contribution in [0.25, 0.3) is 0 Å². The highest BCUT2D eigenvalue weighted by Gasteiger charge is 2.22. The molecule has 0 aliphatic carbocycles. The van der Waals surface area contributed by atoms with E-state index in [-0.39, 0.29) is 11.7 Å². The Bertz CT molecular complexity index is 726. The number of likely N-dealkylation sites (N-methyl/N-ethyl adjacent to an activating group) is 1. The molecule has 1 fully saturated rings. The van der Waals surface area contributed by atoms with Crippen LogP contribution in [-0.4, -0.2) is 48.9 Å². The molecule has 1 heterocycles. The van der Waals surface area contributed by atoms with Crippen molar-refractivity contribution in [2.45, 2.75) is 25.7 Å². The maximum atomic E-state index is 13.7. The molecule has 1 amide bonds. The number of hydrogen-bond donors (Lipinski definition) is 0. The van der Waals surface area contributed by atoms with Crippen molar-refractivity contribution in [2.24, 2.45) is 5.92 Å². The highest BCUT2D eigenvalue weighted by atomic mass is 19.1. The first-order valence-electron chi connectivity index (χ1n) is 9.85. The van der Waals surface area contributed by atoms with E-state index >= 15 is 0 Å². The molecule has 27 heavy (non-hydrogen) atoms. The largest absolute Gasteiger partial charge is 0.345 e. The summed E-state index contributed by atoms with van der Waals surface area (Å²) in [4.78, 5) is 16.7. The van der Waals surface area contributed by atoms with E-state index in [1.807, 2.05) is 54.4 Å². The molecule has 3 nitrogen and oxygen atoms in total. The number of amides is 1. The van der Waals surface area contributed by atoms with Crippen LogP contribution in [0.5, 0.6) is 0 Å². The summed E-state index contributed by atoms with van der Waals surface area (Å²) in [5.74, 6) is 0.633. The van der Waals surface area contributed by atoms with Gasteiger partial charge in [0.25, 0.3) is 0 Å². The van der Waals surface area contributed by atoms with Gasteiger partial charge in [0, 0.05) is 20.1 Å². The standard InChI is InChI=1S/C23H29FN2O/c1-25(23(27)17-19-7-3-2-4-8-19)18-20-11-14-26(15-12-20)16-13-21-9-5-6-10-22(21)24/h2-10,20H,11-18H2,1H3. The van der Waals surface area contributed by atoms with Gasteiger partial charge in [-0.2, -0.15) is 0 Å². The van der Waals surface area contributed by atoms with Gasteiger partial charge in [-0.05, 0) is 55.5 Å². The first kappa shape index (κ1) is 19.6. The Morgan fingerprint density at radius 3 is 2.44 bits per heavy atom. The minimum Gasteiger partial charge on any atom is -0.345 e. The molecule has 2 aromatic carbocycles. The van der Waals surface area contributed by atoms with E-state index in [2.05, 4.69) is 4.90 Å². The van der Waals surface area contributed by atoms with Gasteiger partial charge in [-0.1, -0.05) is 48.5 Å². The van der Waals surface area contributed by atoms with Gasteiger partial charge in [0.05, 0.1) is 6.42 Å². The Kier molecular flexibility index (Phi) is 6.99. The minimum absolute atomic E-state index is 0.106. The van der Waals surface area contributed by atoms with Crippen LogP contribution in [0.3, 0.4) is 0 Å². The predicted molar refractivity (Wildman–Crippen MR) is 107 cm³/mol. The van der Waals surface area contributed by atoms with Gasteiger partial charge in [0.2, 0.25) is 5.91 Å². The highest BCUT2D eigenvalue weighted by Crippen LogP contribution is 2.19. The zero-order chi connectivity index (χ0) is 19.1. The summed E-state index contributed by atoms with van der Waals surface area (Å²) in [7, 11) is 1.91. The van der Waals surface area contributed by atoms with E-state index in [4.69, 9.17) is 0 Å². The lowest BCUT2D eigenvalue weighted by atomic mass is 9.95. The van der Waals surface area contributed by atoms with Gasteiger partial charge in [-0.15, -0.1) is 0 Å². The normalized spacial score (nSPS) is 15.6. The second-order valence-corrected chi connectivity index (χ2v) is 7.56. The molecule has 0 N–H and O–H groups in total. The van der Waals surface area contributed by atoms with Crippen molar-refractivity contribution in [3.8, 4) is 0 Å². The molecular weight excluding hydrogens is 339 g/mol. The Hall–Kier alpha value is -2.20. The van der Waals surface area contributed by atoms with E-state index in [1.165, 1.54) is 6.07 Å². The Morgan fingerprint density at radius 1 is 1.07 bits per heavy atom. The van der Waals surface area contributed by atoms with Crippen molar-refractivity contribution in [3.63, 3.8) is 0 Å². The quantitative estimate of drug-likeness (QED) is 0.743. The van der Waals surface area contributed by atoms with Crippen molar-refractivity contribution in [1.82, 2.24) is 9.80 Å². The van der Waals surface area contributed by atoms with Gasteiger partial charge in [0.1, 0.15) is 5.82 Å². The van der Waals surface area contributed by atoms with Crippen LogP contribution in [0.1, 0.15) is 24.0 Å². The molecule has 0 unspecified atom stereocenters. The molecule has 0 bridgehead atoms. The topological polar surface area (TPSA) is 23.6 Å². The van der Waals surface area contributed by atoms with Crippen LogP contribution < -0.4 is 0 Å². The summed E-state index contributed by atoms with van der Waals surface area (Å²) in [6.45, 7) is 3.78. The van der Waals surface area contributed by atoms with Gasteiger partial charge < -0.3 is 9.80 Å². The first-order chi connectivity index (χ1) is 13.1. The highest BCUT2D eigenvalue weighted by molar-refractivity contribution is 5.78. The summed E-state index contributed by atoms with van der Waals surface area (Å²) in [6.07, 6.45) is 3.42. The summed E-state index contributed by atoms with van der Waals surface area (Å²) >= 11 is 0. The second-order valence-electron chi connectivity index (χ2n) is 7.56. The maximum Gasteiger partial charge on any atom is 0.226 e. The number of carbonyl (C=O) groups excluding carboxylic acids is 1. The van der Waals surface area contributed by atoms with Crippen LogP contribution in [0.2, 0.25) is 0 Å². The molecule has 4 heteroatoms. The number of nitrogens with zero attached hydrogens (tertiary/aromatic N) is 2. The molecule has 1 aliphatic heterocycles. The van der Waals surface area contributed by atoms with E-state index in [0.717, 1.165) is 56.6 Å². The van der Waals surface area contributed by atoms with E-state index in [1.54, 1.807) is 6.07 Å². The predicted octanol–water partition coefficient (Wildman–Crippen LogP) is 3.78. The fourth-order valence-electron chi connectivity index (χ4n) is 3.77. The lowest BCUT2D eigenvalue weighted by Crippen LogP contribution is -2.40. The van der Waals surface area contributed by atoms with Gasteiger partial charge in [-0.25, -0.2) is 4.39 Å². The molecule has 1 saturated heterocycles. The zero-order valence-electron chi connectivity index (χ0n) is 16.1. The lowest BCUT2D eigenvalue weighted by molar-refractivity contribution is -0.129. The number of rotatable bonds is 7. The number of likely N-dealkylation sites (tertiary alicyclic amines) is 1. The second kappa shape index (κ2) is 9.65. The monoisotopic (exact) mass is 368 g/mol. The van der Waals surface area contributed by atoms with Crippen LogP contribution in [0.4, 0.5) is 4.39 Å². The average Bonchev–Trinajstić information content (AvgIpc) is 2.69. The van der Waals surface area contributed by atoms with Gasteiger partial charge in [-0.3, -0.25) is 4.79 Å². The third-order valence-electron chi connectivity index (χ3n) is 5.52. The van der Waals surface area contributed by atoms with Crippen molar-refractivity contribution >= 4 is 5.91 Å². The van der Waals surface area contributed by atoms with E-state index in [9.17, 15) is 9.18 Å². The van der Waals surface area contributed by atoms with Gasteiger partial charge >= 0.3 is 0 Å². The van der Waals surface area contributed by atoms with Crippen molar-refractivity contribution in [1.29, 1.82) is 0 Å². The molecule has 0 aromatic heterocycles. The van der Waals surface area contributed by atoms with E-state index < -0.39 is 0 Å². The number of hydrogen-bond acceptors (Lipinski definition) is 2. The summed E-state index contributed by atoms with van der Waals surface area (Å²) in [5, 5.41) is 0. The minimum atomic E-state index is -0.106. The molecule has 0 spiro atoms. The fourth-order valence-corrected chi connectivity index (χ4v) is 3.77. The van der Waals surface area contributed by atoms with Crippen LogP contribution >= 0.6 is 0 Å². The molecule has 0 radical (unpaired) electrons. The summed E-state index contributed by atoms with van der Waals surface area (Å²) in [6, 6.07) is 16.9. The SMILES string of the molecule is CN(CC1CCN(CCc2ccccc2F)CC1)C(=O)Cc1ccccc1. The Balaban J connectivity index is 1.38. The van der Waals surface area contributed by atoms with Crippen molar-refractivity contribution < 1.29 is 9.18 Å². The summed E-state index contributed by atoms with van der Waals surface area (Å²) < 4.78 is 13.7. The number of halogens is 1. The molecule has 2 aromatic rings. The fraction of sp³-hybridized carbons (Fsp3) is 0.435. The van der Waals surface area contributed by atoms with Gasteiger partial charge in [0.15, 0.2) is 0 Å². The molecule has 144 valence electrons.